The molecule has 0 aromatic rings. The number of allylic oxidation sites excluding steroid dienone is 1. The highest BCUT2D eigenvalue weighted by Crippen LogP contribution is 2.77. The number of fused-ring (bicyclic) bond motifs is 7. The Morgan fingerprint density at radius 2 is 1.60 bits per heavy atom. The molecule has 5 aliphatic carbocycles. The lowest BCUT2D eigenvalue weighted by Gasteiger charge is -2.73. The third-order valence-electron chi connectivity index (χ3n) is 15.9. The van der Waals surface area contributed by atoms with Crippen LogP contribution in [0.25, 0.3) is 0 Å². The molecule has 0 spiro atoms. The van der Waals surface area contributed by atoms with Crippen molar-refractivity contribution in [2.45, 2.75) is 131 Å². The fourth-order valence-electron chi connectivity index (χ4n) is 13.2. The number of hydrogen-bond acceptors (Lipinski definition) is 5. The van der Waals surface area contributed by atoms with Gasteiger partial charge in [-0.1, -0.05) is 46.8 Å². The van der Waals surface area contributed by atoms with Crippen molar-refractivity contribution < 1.29 is 24.2 Å². The van der Waals surface area contributed by atoms with E-state index >= 15 is 0 Å². The van der Waals surface area contributed by atoms with Gasteiger partial charge in [0.2, 0.25) is 5.91 Å². The lowest BCUT2D eigenvalue weighted by Crippen LogP contribution is -2.66. The van der Waals surface area contributed by atoms with Gasteiger partial charge in [0.25, 0.3) is 0 Å². The summed E-state index contributed by atoms with van der Waals surface area (Å²) in [4.78, 5) is 27.5. The smallest absolute Gasteiger partial charge is 0.305 e. The van der Waals surface area contributed by atoms with Crippen LogP contribution < -0.4 is 0 Å². The fourth-order valence-corrected chi connectivity index (χ4v) is 13.2. The Morgan fingerprint density at radius 1 is 0.867 bits per heavy atom. The van der Waals surface area contributed by atoms with Crippen molar-refractivity contribution in [2.75, 3.05) is 32.9 Å². The number of amides is 1. The number of aliphatic hydroxyl groups is 1. The summed E-state index contributed by atoms with van der Waals surface area (Å²) in [5.74, 6) is 2.86. The van der Waals surface area contributed by atoms with E-state index in [1.165, 1.54) is 37.7 Å². The van der Waals surface area contributed by atoms with E-state index in [2.05, 4.69) is 48.1 Å². The lowest BCUT2D eigenvalue weighted by molar-refractivity contribution is -0.250. The first-order chi connectivity index (χ1) is 21.2. The molecule has 45 heavy (non-hydrogen) atoms. The SMILES string of the molecule is C=C(C)[C@@H]1CC[C@]2(COC(=O)CCCC(=O)N3CCOCC3)CC[C@]3(C)[C@H](CC[C@@H]4[C@@]5(C)CC[C@H](O)C(C)(C)[C@@H]5CC[C@]43C)[C@@H]12. The molecule has 254 valence electrons. The minimum absolute atomic E-state index is 0.0238. The van der Waals surface area contributed by atoms with Gasteiger partial charge in [0, 0.05) is 31.3 Å². The van der Waals surface area contributed by atoms with Gasteiger partial charge in [-0.25, -0.2) is 0 Å². The molecule has 0 aromatic carbocycles. The molecule has 1 aliphatic heterocycles. The van der Waals surface area contributed by atoms with Gasteiger partial charge in [-0.3, -0.25) is 9.59 Å². The normalized spacial score (nSPS) is 45.4. The number of nitrogens with zero attached hydrogens (tertiary/aromatic N) is 1. The number of ether oxygens (including phenoxy) is 2. The number of rotatable bonds is 7. The molecule has 0 bridgehead atoms. The highest BCUT2D eigenvalue weighted by Gasteiger charge is 2.71. The van der Waals surface area contributed by atoms with E-state index in [9.17, 15) is 14.7 Å². The van der Waals surface area contributed by atoms with Gasteiger partial charge < -0.3 is 19.5 Å². The Kier molecular flexibility index (Phi) is 8.88. The van der Waals surface area contributed by atoms with Crippen molar-refractivity contribution >= 4 is 11.9 Å². The first-order valence-corrected chi connectivity index (χ1v) is 18.5. The zero-order valence-electron chi connectivity index (χ0n) is 29.4. The monoisotopic (exact) mass is 625 g/mol. The molecule has 6 rings (SSSR count). The van der Waals surface area contributed by atoms with E-state index < -0.39 is 0 Å². The van der Waals surface area contributed by atoms with Crippen LogP contribution in [0.1, 0.15) is 125 Å². The van der Waals surface area contributed by atoms with Gasteiger partial charge >= 0.3 is 5.97 Å². The molecule has 0 aromatic heterocycles. The molecular formula is C39H63NO5. The van der Waals surface area contributed by atoms with Gasteiger partial charge in [0.05, 0.1) is 25.9 Å². The molecule has 6 nitrogen and oxygen atoms in total. The van der Waals surface area contributed by atoms with Gasteiger partial charge in [-0.15, -0.1) is 0 Å². The van der Waals surface area contributed by atoms with Crippen LogP contribution in [0.2, 0.25) is 0 Å². The number of morpholine rings is 1. The van der Waals surface area contributed by atoms with Crippen molar-refractivity contribution in [1.82, 2.24) is 4.90 Å². The zero-order chi connectivity index (χ0) is 32.4. The van der Waals surface area contributed by atoms with E-state index in [1.807, 2.05) is 4.90 Å². The molecule has 1 saturated heterocycles. The van der Waals surface area contributed by atoms with Crippen molar-refractivity contribution in [2.24, 2.45) is 56.7 Å². The Hall–Kier alpha value is -1.40. The number of carbonyl (C=O) groups excluding carboxylic acids is 2. The fraction of sp³-hybridized carbons (Fsp3) is 0.897. The van der Waals surface area contributed by atoms with E-state index in [-0.39, 0.29) is 45.1 Å². The average molecular weight is 626 g/mol. The minimum atomic E-state index is -0.190. The molecule has 10 atom stereocenters. The summed E-state index contributed by atoms with van der Waals surface area (Å²) in [6.07, 6.45) is 12.8. The third kappa shape index (κ3) is 5.25. The molecule has 1 amide bonds. The summed E-state index contributed by atoms with van der Waals surface area (Å²) < 4.78 is 11.5. The molecule has 0 unspecified atom stereocenters. The number of aliphatic hydroxyl groups excluding tert-OH is 1. The van der Waals surface area contributed by atoms with Gasteiger partial charge in [-0.2, -0.15) is 0 Å². The van der Waals surface area contributed by atoms with Crippen molar-refractivity contribution in [3.8, 4) is 0 Å². The molecule has 6 fully saturated rings. The summed E-state index contributed by atoms with van der Waals surface area (Å²) in [6.45, 7) is 22.4. The largest absolute Gasteiger partial charge is 0.465 e. The summed E-state index contributed by atoms with van der Waals surface area (Å²) in [5.41, 5.74) is 2.13. The highest BCUT2D eigenvalue weighted by atomic mass is 16.5. The van der Waals surface area contributed by atoms with Gasteiger partial charge in [0.15, 0.2) is 0 Å². The van der Waals surface area contributed by atoms with Crippen molar-refractivity contribution in [3.63, 3.8) is 0 Å². The maximum Gasteiger partial charge on any atom is 0.305 e. The Balaban J connectivity index is 1.17. The third-order valence-corrected chi connectivity index (χ3v) is 15.9. The van der Waals surface area contributed by atoms with Gasteiger partial charge in [0.1, 0.15) is 0 Å². The summed E-state index contributed by atoms with van der Waals surface area (Å²) in [5, 5.41) is 11.1. The van der Waals surface area contributed by atoms with Crippen LogP contribution in [0.5, 0.6) is 0 Å². The van der Waals surface area contributed by atoms with E-state index in [4.69, 9.17) is 9.47 Å². The van der Waals surface area contributed by atoms with E-state index in [0.717, 1.165) is 32.1 Å². The zero-order valence-corrected chi connectivity index (χ0v) is 29.4. The topological polar surface area (TPSA) is 76.1 Å². The first kappa shape index (κ1) is 33.5. The lowest BCUT2D eigenvalue weighted by atomic mass is 9.32. The molecular weight excluding hydrogens is 562 g/mol. The quantitative estimate of drug-likeness (QED) is 0.233. The van der Waals surface area contributed by atoms with Crippen LogP contribution in [-0.2, 0) is 19.1 Å². The van der Waals surface area contributed by atoms with Crippen molar-refractivity contribution in [1.29, 1.82) is 0 Å². The van der Waals surface area contributed by atoms with E-state index in [1.54, 1.807) is 0 Å². The van der Waals surface area contributed by atoms with Crippen LogP contribution in [-0.4, -0.2) is 60.9 Å². The highest BCUT2D eigenvalue weighted by molar-refractivity contribution is 5.77. The van der Waals surface area contributed by atoms with Crippen LogP contribution >= 0.6 is 0 Å². The standard InChI is InChI=1S/C39H63NO5/c1-26(2)27-13-18-39(25-45-33(43)10-8-9-32(42)40-21-23-44-24-22-40)20-19-37(6)28(34(27)39)11-12-30-36(5)16-15-31(41)35(3,4)29(36)14-17-38(30,37)7/h27-31,34,41H,1,8-25H2,2-7H3/t27-,28+,29-,30+,31-,34+,36-,37+,38+,39+/m0/s1. The second-order valence-electron chi connectivity index (χ2n) is 17.9. The first-order valence-electron chi connectivity index (χ1n) is 18.5. The van der Waals surface area contributed by atoms with Crippen molar-refractivity contribution in [3.05, 3.63) is 12.2 Å². The number of hydrogen-bond donors (Lipinski definition) is 1. The minimum Gasteiger partial charge on any atom is -0.465 e. The number of esters is 1. The predicted molar refractivity (Wildman–Crippen MR) is 177 cm³/mol. The summed E-state index contributed by atoms with van der Waals surface area (Å²) in [7, 11) is 0. The van der Waals surface area contributed by atoms with Crippen LogP contribution in [0.15, 0.2) is 12.2 Å². The summed E-state index contributed by atoms with van der Waals surface area (Å²) >= 11 is 0. The van der Waals surface area contributed by atoms with Gasteiger partial charge in [-0.05, 0) is 129 Å². The average Bonchev–Trinajstić information content (AvgIpc) is 3.39. The Morgan fingerprint density at radius 3 is 2.31 bits per heavy atom. The second kappa shape index (κ2) is 11.9. The molecule has 6 aliphatic rings. The molecule has 5 saturated carbocycles. The summed E-state index contributed by atoms with van der Waals surface area (Å²) in [6, 6.07) is 0. The molecule has 1 heterocycles. The molecule has 6 heteroatoms. The van der Waals surface area contributed by atoms with Crippen LogP contribution in [0.4, 0.5) is 0 Å². The Labute approximate surface area is 273 Å². The molecule has 1 N–H and O–H groups in total. The van der Waals surface area contributed by atoms with Crippen LogP contribution in [0.3, 0.4) is 0 Å². The second-order valence-corrected chi connectivity index (χ2v) is 17.9. The number of carbonyl (C=O) groups is 2. The Bertz CT molecular complexity index is 1160. The maximum absolute atomic E-state index is 13.1. The maximum atomic E-state index is 13.1. The predicted octanol–water partition coefficient (Wildman–Crippen LogP) is 7.58. The molecule has 0 radical (unpaired) electrons. The van der Waals surface area contributed by atoms with Crippen LogP contribution in [0, 0.1) is 56.7 Å². The van der Waals surface area contributed by atoms with E-state index in [0.29, 0.717) is 81.8 Å².